The van der Waals surface area contributed by atoms with Gasteiger partial charge >= 0.3 is 0 Å². The molecule has 3 rings (SSSR count). The topological polar surface area (TPSA) is 35.6 Å². The molecule has 3 fully saturated rings. The molecular weight excluding hydrogens is 214 g/mol. The van der Waals surface area contributed by atoms with E-state index in [0.717, 1.165) is 45.2 Å². The van der Waals surface area contributed by atoms with Crippen LogP contribution in [-0.2, 0) is 4.79 Å². The van der Waals surface area contributed by atoms with Crippen molar-refractivity contribution in [3.05, 3.63) is 0 Å². The number of hydrogen-bond acceptors (Lipinski definition) is 3. The molecule has 1 amide bonds. The molecule has 4 nitrogen and oxygen atoms in total. The van der Waals surface area contributed by atoms with E-state index in [2.05, 4.69) is 15.1 Å². The summed E-state index contributed by atoms with van der Waals surface area (Å²) in [5.41, 5.74) is 0. The van der Waals surface area contributed by atoms with Crippen molar-refractivity contribution in [1.82, 2.24) is 15.1 Å². The standard InChI is InChI=1S/C13H23N3O/c17-13(12-3-1-2-6-14-12)16-9-7-15(8-10-16)11-4-5-11/h11-12,14H,1-10H2/t12-/m1/s1. The Balaban J connectivity index is 1.49. The van der Waals surface area contributed by atoms with Gasteiger partial charge in [-0.3, -0.25) is 9.69 Å². The second kappa shape index (κ2) is 4.94. The minimum absolute atomic E-state index is 0.108. The van der Waals surface area contributed by atoms with Crippen LogP contribution in [0.4, 0.5) is 0 Å². The minimum Gasteiger partial charge on any atom is -0.339 e. The zero-order valence-electron chi connectivity index (χ0n) is 10.5. The van der Waals surface area contributed by atoms with Crippen molar-refractivity contribution in [3.63, 3.8) is 0 Å². The Bertz CT molecular complexity index is 276. The van der Waals surface area contributed by atoms with Crippen molar-refractivity contribution in [2.45, 2.75) is 44.2 Å². The van der Waals surface area contributed by atoms with Gasteiger partial charge in [0.05, 0.1) is 6.04 Å². The second-order valence-corrected chi connectivity index (χ2v) is 5.59. The number of rotatable bonds is 2. The van der Waals surface area contributed by atoms with Crippen LogP contribution in [-0.4, -0.2) is 60.5 Å². The SMILES string of the molecule is O=C([C@H]1CCCCN1)N1CCN(C2CC2)CC1. The van der Waals surface area contributed by atoms with Crippen molar-refractivity contribution in [2.75, 3.05) is 32.7 Å². The summed E-state index contributed by atoms with van der Waals surface area (Å²) in [7, 11) is 0. The number of nitrogens with zero attached hydrogens (tertiary/aromatic N) is 2. The van der Waals surface area contributed by atoms with Crippen LogP contribution in [0.2, 0.25) is 0 Å². The van der Waals surface area contributed by atoms with Gasteiger partial charge < -0.3 is 10.2 Å². The van der Waals surface area contributed by atoms with Crippen molar-refractivity contribution in [2.24, 2.45) is 0 Å². The molecule has 0 aromatic carbocycles. The molecule has 0 spiro atoms. The summed E-state index contributed by atoms with van der Waals surface area (Å²) in [6.07, 6.45) is 6.20. The number of piperazine rings is 1. The summed E-state index contributed by atoms with van der Waals surface area (Å²) in [5.74, 6) is 0.347. The van der Waals surface area contributed by atoms with E-state index in [1.165, 1.54) is 25.7 Å². The van der Waals surface area contributed by atoms with Crippen molar-refractivity contribution in [1.29, 1.82) is 0 Å². The molecule has 1 N–H and O–H groups in total. The molecule has 1 saturated carbocycles. The van der Waals surface area contributed by atoms with Gasteiger partial charge in [-0.1, -0.05) is 6.42 Å². The maximum Gasteiger partial charge on any atom is 0.239 e. The lowest BCUT2D eigenvalue weighted by Crippen LogP contribution is -2.55. The number of hydrogen-bond donors (Lipinski definition) is 1. The monoisotopic (exact) mass is 237 g/mol. The summed E-state index contributed by atoms with van der Waals surface area (Å²) in [4.78, 5) is 16.9. The molecule has 2 heterocycles. The summed E-state index contributed by atoms with van der Waals surface area (Å²) in [6.45, 7) is 5.06. The van der Waals surface area contributed by atoms with E-state index in [1.54, 1.807) is 0 Å². The quantitative estimate of drug-likeness (QED) is 0.757. The van der Waals surface area contributed by atoms with Crippen molar-refractivity contribution >= 4 is 5.91 Å². The van der Waals surface area contributed by atoms with Gasteiger partial charge in [0, 0.05) is 32.2 Å². The molecule has 3 aliphatic rings. The molecule has 0 unspecified atom stereocenters. The molecule has 17 heavy (non-hydrogen) atoms. The van der Waals surface area contributed by atoms with Gasteiger partial charge in [0.25, 0.3) is 0 Å². The Kier molecular flexibility index (Phi) is 3.34. The molecular formula is C13H23N3O. The van der Waals surface area contributed by atoms with Crippen LogP contribution in [0.1, 0.15) is 32.1 Å². The van der Waals surface area contributed by atoms with Crippen molar-refractivity contribution < 1.29 is 4.79 Å². The van der Waals surface area contributed by atoms with E-state index < -0.39 is 0 Å². The lowest BCUT2D eigenvalue weighted by molar-refractivity contribution is -0.135. The Morgan fingerprint density at radius 2 is 1.76 bits per heavy atom. The predicted molar refractivity (Wildman–Crippen MR) is 66.8 cm³/mol. The Hall–Kier alpha value is -0.610. The number of carbonyl (C=O) groups excluding carboxylic acids is 1. The molecule has 4 heteroatoms. The van der Waals surface area contributed by atoms with E-state index in [4.69, 9.17) is 0 Å². The molecule has 1 atom stereocenters. The highest BCUT2D eigenvalue weighted by Gasteiger charge is 2.33. The fourth-order valence-corrected chi connectivity index (χ4v) is 3.03. The van der Waals surface area contributed by atoms with Gasteiger partial charge in [0.1, 0.15) is 0 Å². The minimum atomic E-state index is 0.108. The van der Waals surface area contributed by atoms with E-state index >= 15 is 0 Å². The third kappa shape index (κ3) is 2.63. The molecule has 0 aromatic heterocycles. The van der Waals surface area contributed by atoms with Gasteiger partial charge in [-0.15, -0.1) is 0 Å². The molecule has 0 radical (unpaired) electrons. The lowest BCUT2D eigenvalue weighted by atomic mass is 10.0. The maximum atomic E-state index is 12.3. The zero-order chi connectivity index (χ0) is 11.7. The average Bonchev–Trinajstić information content (AvgIpc) is 3.24. The van der Waals surface area contributed by atoms with E-state index in [-0.39, 0.29) is 6.04 Å². The van der Waals surface area contributed by atoms with Crippen LogP contribution in [0.25, 0.3) is 0 Å². The maximum absolute atomic E-state index is 12.3. The third-order valence-corrected chi connectivity index (χ3v) is 4.30. The van der Waals surface area contributed by atoms with Gasteiger partial charge in [-0.05, 0) is 32.2 Å². The smallest absolute Gasteiger partial charge is 0.239 e. The largest absolute Gasteiger partial charge is 0.339 e. The second-order valence-electron chi connectivity index (χ2n) is 5.59. The molecule has 0 bridgehead atoms. The van der Waals surface area contributed by atoms with E-state index in [9.17, 15) is 4.79 Å². The highest BCUT2D eigenvalue weighted by atomic mass is 16.2. The van der Waals surface area contributed by atoms with Crippen LogP contribution in [0.3, 0.4) is 0 Å². The van der Waals surface area contributed by atoms with Gasteiger partial charge in [0.2, 0.25) is 5.91 Å². The van der Waals surface area contributed by atoms with Crippen molar-refractivity contribution in [3.8, 4) is 0 Å². The first kappa shape index (κ1) is 11.5. The number of piperidine rings is 1. The number of amides is 1. The summed E-state index contributed by atoms with van der Waals surface area (Å²) >= 11 is 0. The van der Waals surface area contributed by atoms with E-state index in [1.807, 2.05) is 0 Å². The Morgan fingerprint density at radius 3 is 2.35 bits per heavy atom. The molecule has 0 aromatic rings. The van der Waals surface area contributed by atoms with Gasteiger partial charge in [0.15, 0.2) is 0 Å². The molecule has 2 saturated heterocycles. The summed E-state index contributed by atoms with van der Waals surface area (Å²) in [6, 6.07) is 0.955. The Morgan fingerprint density at radius 1 is 1.00 bits per heavy atom. The fourth-order valence-electron chi connectivity index (χ4n) is 3.03. The third-order valence-electron chi connectivity index (χ3n) is 4.30. The summed E-state index contributed by atoms with van der Waals surface area (Å²) < 4.78 is 0. The zero-order valence-corrected chi connectivity index (χ0v) is 10.5. The fraction of sp³-hybridized carbons (Fsp3) is 0.923. The number of carbonyl (C=O) groups is 1. The summed E-state index contributed by atoms with van der Waals surface area (Å²) in [5, 5.41) is 3.36. The van der Waals surface area contributed by atoms with Gasteiger partial charge in [-0.2, -0.15) is 0 Å². The van der Waals surface area contributed by atoms with Crippen LogP contribution in [0.5, 0.6) is 0 Å². The molecule has 96 valence electrons. The van der Waals surface area contributed by atoms with Crippen LogP contribution in [0.15, 0.2) is 0 Å². The van der Waals surface area contributed by atoms with Crippen LogP contribution >= 0.6 is 0 Å². The highest BCUT2D eigenvalue weighted by Crippen LogP contribution is 2.27. The highest BCUT2D eigenvalue weighted by molar-refractivity contribution is 5.82. The first-order valence-corrected chi connectivity index (χ1v) is 7.11. The first-order chi connectivity index (χ1) is 8.34. The first-order valence-electron chi connectivity index (χ1n) is 7.11. The van der Waals surface area contributed by atoms with Gasteiger partial charge in [-0.25, -0.2) is 0 Å². The Labute approximate surface area is 103 Å². The van der Waals surface area contributed by atoms with Crippen LogP contribution < -0.4 is 5.32 Å². The lowest BCUT2D eigenvalue weighted by Gasteiger charge is -2.37. The normalized spacial score (nSPS) is 31.5. The molecule has 2 aliphatic heterocycles. The molecule has 1 aliphatic carbocycles. The number of nitrogens with one attached hydrogen (secondary N) is 1. The average molecular weight is 237 g/mol. The predicted octanol–water partition coefficient (Wildman–Crippen LogP) is 0.435. The van der Waals surface area contributed by atoms with E-state index in [0.29, 0.717) is 5.91 Å². The van der Waals surface area contributed by atoms with Crippen LogP contribution in [0, 0.1) is 0 Å².